The standard InChI is InChI=1S/C10H20N2O2/c1-11(2)5-4-9-6-8(10(13)14)7-12(9)3/h8-9H,4-7H2,1-3H3,(H,13,14). The molecular formula is C10H20N2O2. The Hall–Kier alpha value is -0.610. The van der Waals surface area contributed by atoms with Crippen molar-refractivity contribution in [2.45, 2.75) is 18.9 Å². The Balaban J connectivity index is 2.37. The Kier molecular flexibility index (Phi) is 3.89. The van der Waals surface area contributed by atoms with Gasteiger partial charge in [-0.25, -0.2) is 0 Å². The van der Waals surface area contributed by atoms with Crippen LogP contribution in [0, 0.1) is 5.92 Å². The van der Waals surface area contributed by atoms with Crippen molar-refractivity contribution in [3.8, 4) is 0 Å². The van der Waals surface area contributed by atoms with Crippen molar-refractivity contribution in [2.75, 3.05) is 34.2 Å². The molecule has 0 amide bonds. The maximum absolute atomic E-state index is 10.8. The molecule has 1 heterocycles. The summed E-state index contributed by atoms with van der Waals surface area (Å²) < 4.78 is 0. The molecule has 14 heavy (non-hydrogen) atoms. The Morgan fingerprint density at radius 2 is 2.21 bits per heavy atom. The molecule has 2 unspecified atom stereocenters. The third-order valence-electron chi connectivity index (χ3n) is 2.95. The van der Waals surface area contributed by atoms with Crippen LogP contribution in [-0.2, 0) is 4.79 Å². The smallest absolute Gasteiger partial charge is 0.307 e. The summed E-state index contributed by atoms with van der Waals surface area (Å²) in [6, 6.07) is 0.443. The number of nitrogens with zero attached hydrogens (tertiary/aromatic N) is 2. The fraction of sp³-hybridized carbons (Fsp3) is 0.900. The number of rotatable bonds is 4. The second kappa shape index (κ2) is 4.75. The maximum Gasteiger partial charge on any atom is 0.307 e. The first-order valence-corrected chi connectivity index (χ1v) is 5.08. The SMILES string of the molecule is CN(C)CCC1CC(C(=O)O)CN1C. The van der Waals surface area contributed by atoms with E-state index in [1.165, 1.54) is 0 Å². The van der Waals surface area contributed by atoms with Crippen molar-refractivity contribution in [1.82, 2.24) is 9.80 Å². The summed E-state index contributed by atoms with van der Waals surface area (Å²) in [5, 5.41) is 8.89. The van der Waals surface area contributed by atoms with Gasteiger partial charge in [-0.1, -0.05) is 0 Å². The predicted molar refractivity (Wildman–Crippen MR) is 55.3 cm³/mol. The van der Waals surface area contributed by atoms with Crippen molar-refractivity contribution >= 4 is 5.97 Å². The lowest BCUT2D eigenvalue weighted by Gasteiger charge is -2.20. The van der Waals surface area contributed by atoms with Gasteiger partial charge >= 0.3 is 5.97 Å². The van der Waals surface area contributed by atoms with Crippen molar-refractivity contribution < 1.29 is 9.90 Å². The van der Waals surface area contributed by atoms with Crippen molar-refractivity contribution in [3.63, 3.8) is 0 Å². The van der Waals surface area contributed by atoms with Crippen molar-refractivity contribution in [3.05, 3.63) is 0 Å². The van der Waals surface area contributed by atoms with Crippen LogP contribution in [0.4, 0.5) is 0 Å². The summed E-state index contributed by atoms with van der Waals surface area (Å²) >= 11 is 0. The minimum atomic E-state index is -0.649. The molecule has 1 rings (SSSR count). The molecule has 0 radical (unpaired) electrons. The summed E-state index contributed by atoms with van der Waals surface area (Å²) in [7, 11) is 6.11. The van der Waals surface area contributed by atoms with Gasteiger partial charge in [0.1, 0.15) is 0 Å². The largest absolute Gasteiger partial charge is 0.481 e. The van der Waals surface area contributed by atoms with Gasteiger partial charge in [0.15, 0.2) is 0 Å². The zero-order valence-corrected chi connectivity index (χ0v) is 9.23. The number of carboxylic acids is 1. The number of carbonyl (C=O) groups is 1. The molecule has 4 nitrogen and oxygen atoms in total. The zero-order chi connectivity index (χ0) is 10.7. The first kappa shape index (κ1) is 11.5. The van der Waals surface area contributed by atoms with E-state index in [0.29, 0.717) is 12.6 Å². The summed E-state index contributed by atoms with van der Waals surface area (Å²) in [4.78, 5) is 15.1. The summed E-state index contributed by atoms with van der Waals surface area (Å²) in [5.74, 6) is -0.809. The Morgan fingerprint density at radius 3 is 2.64 bits per heavy atom. The third-order valence-corrected chi connectivity index (χ3v) is 2.95. The van der Waals surface area contributed by atoms with E-state index in [4.69, 9.17) is 5.11 Å². The highest BCUT2D eigenvalue weighted by atomic mass is 16.4. The number of aliphatic carboxylic acids is 1. The molecule has 82 valence electrons. The van der Waals surface area contributed by atoms with Crippen LogP contribution in [0.25, 0.3) is 0 Å². The fourth-order valence-corrected chi connectivity index (χ4v) is 2.00. The summed E-state index contributed by atoms with van der Waals surface area (Å²) in [6.45, 7) is 1.73. The molecule has 1 N–H and O–H groups in total. The summed E-state index contributed by atoms with van der Waals surface area (Å²) in [5.41, 5.74) is 0. The lowest BCUT2D eigenvalue weighted by atomic mass is 10.0. The minimum absolute atomic E-state index is 0.160. The Bertz CT molecular complexity index is 206. The lowest BCUT2D eigenvalue weighted by Crippen LogP contribution is -2.28. The summed E-state index contributed by atoms with van der Waals surface area (Å²) in [6.07, 6.45) is 1.87. The van der Waals surface area contributed by atoms with Gasteiger partial charge in [0.05, 0.1) is 5.92 Å². The van der Waals surface area contributed by atoms with Gasteiger partial charge in [-0.05, 0) is 40.5 Å². The molecule has 0 aromatic heterocycles. The van der Waals surface area contributed by atoms with Gasteiger partial charge in [0, 0.05) is 12.6 Å². The Labute approximate surface area is 85.5 Å². The van der Waals surface area contributed by atoms with Gasteiger partial charge in [-0.2, -0.15) is 0 Å². The lowest BCUT2D eigenvalue weighted by molar-refractivity contribution is -0.141. The monoisotopic (exact) mass is 200 g/mol. The van der Waals surface area contributed by atoms with Crippen LogP contribution < -0.4 is 0 Å². The minimum Gasteiger partial charge on any atom is -0.481 e. The number of carboxylic acid groups (broad SMARTS) is 1. The van der Waals surface area contributed by atoms with E-state index in [1.807, 2.05) is 21.1 Å². The van der Waals surface area contributed by atoms with Crippen LogP contribution in [0.15, 0.2) is 0 Å². The number of hydrogen-bond acceptors (Lipinski definition) is 3. The molecule has 0 aromatic carbocycles. The van der Waals surface area contributed by atoms with E-state index < -0.39 is 5.97 Å². The van der Waals surface area contributed by atoms with E-state index in [-0.39, 0.29) is 5.92 Å². The highest BCUT2D eigenvalue weighted by molar-refractivity contribution is 5.70. The highest BCUT2D eigenvalue weighted by Crippen LogP contribution is 2.23. The van der Waals surface area contributed by atoms with Crippen LogP contribution >= 0.6 is 0 Å². The quantitative estimate of drug-likeness (QED) is 0.711. The van der Waals surface area contributed by atoms with Gasteiger partial charge in [0.2, 0.25) is 0 Å². The molecule has 4 heteroatoms. The van der Waals surface area contributed by atoms with E-state index >= 15 is 0 Å². The molecule has 0 bridgehead atoms. The molecule has 0 spiro atoms. The maximum atomic E-state index is 10.8. The normalized spacial score (nSPS) is 28.6. The first-order chi connectivity index (χ1) is 6.50. The second-order valence-corrected chi connectivity index (χ2v) is 4.46. The third kappa shape index (κ3) is 2.96. The number of likely N-dealkylation sites (tertiary alicyclic amines) is 1. The highest BCUT2D eigenvalue weighted by Gasteiger charge is 2.33. The van der Waals surface area contributed by atoms with Gasteiger partial charge in [-0.3, -0.25) is 4.79 Å². The topological polar surface area (TPSA) is 43.8 Å². The van der Waals surface area contributed by atoms with Crippen LogP contribution in [0.1, 0.15) is 12.8 Å². The van der Waals surface area contributed by atoms with Crippen molar-refractivity contribution in [1.29, 1.82) is 0 Å². The molecule has 1 saturated heterocycles. The van der Waals surface area contributed by atoms with Gasteiger partial charge < -0.3 is 14.9 Å². The average molecular weight is 200 g/mol. The molecular weight excluding hydrogens is 180 g/mol. The number of hydrogen-bond donors (Lipinski definition) is 1. The van der Waals surface area contributed by atoms with Crippen molar-refractivity contribution in [2.24, 2.45) is 5.92 Å². The van der Waals surface area contributed by atoms with E-state index in [9.17, 15) is 4.79 Å². The molecule has 0 aliphatic carbocycles. The van der Waals surface area contributed by atoms with E-state index in [1.54, 1.807) is 0 Å². The van der Waals surface area contributed by atoms with Gasteiger partial charge in [0.25, 0.3) is 0 Å². The van der Waals surface area contributed by atoms with Gasteiger partial charge in [-0.15, -0.1) is 0 Å². The second-order valence-electron chi connectivity index (χ2n) is 4.46. The molecule has 2 atom stereocenters. The average Bonchev–Trinajstić information content (AvgIpc) is 2.43. The first-order valence-electron chi connectivity index (χ1n) is 5.08. The van der Waals surface area contributed by atoms with Crippen LogP contribution in [-0.4, -0.2) is 61.2 Å². The zero-order valence-electron chi connectivity index (χ0n) is 9.23. The van der Waals surface area contributed by atoms with Crippen LogP contribution in [0.3, 0.4) is 0 Å². The van der Waals surface area contributed by atoms with Crippen LogP contribution in [0.5, 0.6) is 0 Å². The Morgan fingerprint density at radius 1 is 1.57 bits per heavy atom. The predicted octanol–water partition coefficient (Wildman–Crippen LogP) is 0.343. The fourth-order valence-electron chi connectivity index (χ4n) is 2.00. The molecule has 1 aliphatic heterocycles. The molecule has 1 aliphatic rings. The molecule has 0 saturated carbocycles. The molecule has 1 fully saturated rings. The van der Waals surface area contributed by atoms with Crippen LogP contribution in [0.2, 0.25) is 0 Å². The van der Waals surface area contributed by atoms with E-state index in [0.717, 1.165) is 19.4 Å². The molecule has 0 aromatic rings. The van der Waals surface area contributed by atoms with E-state index in [2.05, 4.69) is 9.80 Å².